The van der Waals surface area contributed by atoms with Crippen LogP contribution >= 0.6 is 0 Å². The maximum Gasteiger partial charge on any atom is 0.138 e. The number of ketones is 1. The maximum atomic E-state index is 12.2. The van der Waals surface area contributed by atoms with Gasteiger partial charge in [0.2, 0.25) is 0 Å². The Hall–Kier alpha value is -0.330. The summed E-state index contributed by atoms with van der Waals surface area (Å²) < 4.78 is 0. The van der Waals surface area contributed by atoms with Crippen molar-refractivity contribution >= 4 is 5.78 Å². The minimum atomic E-state index is -0.146. The molecule has 2 atom stereocenters. The molecule has 1 fully saturated rings. The van der Waals surface area contributed by atoms with Gasteiger partial charge in [-0.05, 0) is 30.6 Å². The molecule has 0 aromatic rings. The van der Waals surface area contributed by atoms with Gasteiger partial charge in [-0.3, -0.25) is 4.79 Å². The average molecular weight is 252 g/mol. The van der Waals surface area contributed by atoms with E-state index in [1.54, 1.807) is 0 Å². The minimum Gasteiger partial charge on any atom is -0.299 e. The summed E-state index contributed by atoms with van der Waals surface area (Å²) in [6.07, 6.45) is 8.81. The van der Waals surface area contributed by atoms with E-state index < -0.39 is 0 Å². The van der Waals surface area contributed by atoms with Crippen LogP contribution in [0, 0.1) is 23.2 Å². The lowest BCUT2D eigenvalue weighted by Gasteiger charge is -2.16. The minimum absolute atomic E-state index is 0.146. The van der Waals surface area contributed by atoms with Crippen molar-refractivity contribution < 1.29 is 4.79 Å². The van der Waals surface area contributed by atoms with Crippen LogP contribution in [0.5, 0.6) is 0 Å². The highest BCUT2D eigenvalue weighted by Gasteiger charge is 2.49. The second-order valence-electron chi connectivity index (χ2n) is 7.15. The molecule has 0 N–H and O–H groups in total. The number of rotatable bonds is 8. The van der Waals surface area contributed by atoms with Crippen molar-refractivity contribution in [3.63, 3.8) is 0 Å². The molecule has 106 valence electrons. The van der Waals surface area contributed by atoms with Gasteiger partial charge in [0.1, 0.15) is 5.78 Å². The summed E-state index contributed by atoms with van der Waals surface area (Å²) in [5.41, 5.74) is -0.146. The Balaban J connectivity index is 2.44. The molecule has 0 amide bonds. The monoisotopic (exact) mass is 252 g/mol. The number of hydrogen-bond donors (Lipinski definition) is 0. The Morgan fingerprint density at radius 2 is 1.33 bits per heavy atom. The smallest absolute Gasteiger partial charge is 0.138 e. The molecule has 0 aromatic heterocycles. The van der Waals surface area contributed by atoms with E-state index in [-0.39, 0.29) is 5.41 Å². The van der Waals surface area contributed by atoms with Crippen molar-refractivity contribution in [1.82, 2.24) is 0 Å². The lowest BCUT2D eigenvalue weighted by atomic mass is 9.87. The molecule has 1 saturated carbocycles. The SMILES string of the molecule is CCCCC1C(CCCC)C1CC(=O)C(C)(C)C. The molecule has 0 saturated heterocycles. The quantitative estimate of drug-likeness (QED) is 0.578. The molecule has 1 heteroatoms. The van der Waals surface area contributed by atoms with Crippen LogP contribution in [0.1, 0.15) is 79.6 Å². The van der Waals surface area contributed by atoms with E-state index in [0.29, 0.717) is 5.78 Å². The lowest BCUT2D eigenvalue weighted by Crippen LogP contribution is -2.20. The van der Waals surface area contributed by atoms with Crippen molar-refractivity contribution in [2.24, 2.45) is 23.2 Å². The van der Waals surface area contributed by atoms with E-state index in [1.165, 1.54) is 38.5 Å². The lowest BCUT2D eigenvalue weighted by molar-refractivity contribution is -0.126. The highest BCUT2D eigenvalue weighted by molar-refractivity contribution is 5.84. The van der Waals surface area contributed by atoms with E-state index in [4.69, 9.17) is 0 Å². The van der Waals surface area contributed by atoms with Gasteiger partial charge in [-0.15, -0.1) is 0 Å². The first-order chi connectivity index (χ1) is 8.41. The van der Waals surface area contributed by atoms with Crippen LogP contribution in [0.25, 0.3) is 0 Å². The number of carbonyl (C=O) groups excluding carboxylic acids is 1. The van der Waals surface area contributed by atoms with Crippen LogP contribution in [0.2, 0.25) is 0 Å². The second-order valence-corrected chi connectivity index (χ2v) is 7.15. The molecule has 0 aliphatic heterocycles. The van der Waals surface area contributed by atoms with E-state index >= 15 is 0 Å². The van der Waals surface area contributed by atoms with Crippen molar-refractivity contribution in [3.05, 3.63) is 0 Å². The van der Waals surface area contributed by atoms with Crippen LogP contribution in [0.15, 0.2) is 0 Å². The maximum absolute atomic E-state index is 12.2. The van der Waals surface area contributed by atoms with E-state index in [2.05, 4.69) is 34.6 Å². The zero-order chi connectivity index (χ0) is 13.8. The van der Waals surface area contributed by atoms with Gasteiger partial charge >= 0.3 is 0 Å². The van der Waals surface area contributed by atoms with Crippen molar-refractivity contribution in [1.29, 1.82) is 0 Å². The van der Waals surface area contributed by atoms with E-state index in [0.717, 1.165) is 24.2 Å². The fourth-order valence-electron chi connectivity index (χ4n) is 3.08. The van der Waals surface area contributed by atoms with Crippen LogP contribution in [-0.2, 0) is 4.79 Å². The summed E-state index contributed by atoms with van der Waals surface area (Å²) in [5.74, 6) is 2.91. The first-order valence-electron chi connectivity index (χ1n) is 7.95. The first-order valence-corrected chi connectivity index (χ1v) is 7.95. The zero-order valence-corrected chi connectivity index (χ0v) is 13.1. The van der Waals surface area contributed by atoms with Crippen molar-refractivity contribution in [3.8, 4) is 0 Å². The second kappa shape index (κ2) is 6.73. The topological polar surface area (TPSA) is 17.1 Å². The van der Waals surface area contributed by atoms with Gasteiger partial charge in [0.15, 0.2) is 0 Å². The highest BCUT2D eigenvalue weighted by atomic mass is 16.1. The number of unbranched alkanes of at least 4 members (excludes halogenated alkanes) is 2. The molecule has 0 heterocycles. The number of hydrogen-bond acceptors (Lipinski definition) is 1. The van der Waals surface area contributed by atoms with Gasteiger partial charge in [-0.25, -0.2) is 0 Å². The molecule has 2 unspecified atom stereocenters. The van der Waals surface area contributed by atoms with Crippen LogP contribution < -0.4 is 0 Å². The van der Waals surface area contributed by atoms with Crippen LogP contribution in [-0.4, -0.2) is 5.78 Å². The largest absolute Gasteiger partial charge is 0.299 e. The Morgan fingerprint density at radius 3 is 1.67 bits per heavy atom. The van der Waals surface area contributed by atoms with E-state index in [9.17, 15) is 4.79 Å². The molecular weight excluding hydrogens is 220 g/mol. The zero-order valence-electron chi connectivity index (χ0n) is 13.1. The van der Waals surface area contributed by atoms with Gasteiger partial charge < -0.3 is 0 Å². The Bertz CT molecular complexity index is 247. The third-order valence-electron chi connectivity index (χ3n) is 4.55. The molecule has 0 spiro atoms. The molecule has 1 rings (SSSR count). The third-order valence-corrected chi connectivity index (χ3v) is 4.55. The van der Waals surface area contributed by atoms with Gasteiger partial charge in [-0.1, -0.05) is 60.3 Å². The average Bonchev–Trinajstić information content (AvgIpc) is 2.94. The molecule has 1 aliphatic carbocycles. The molecule has 18 heavy (non-hydrogen) atoms. The first kappa shape index (κ1) is 15.7. The normalized spacial score (nSPS) is 27.3. The van der Waals surface area contributed by atoms with Crippen molar-refractivity contribution in [2.45, 2.75) is 79.6 Å². The van der Waals surface area contributed by atoms with Gasteiger partial charge in [-0.2, -0.15) is 0 Å². The van der Waals surface area contributed by atoms with Crippen LogP contribution in [0.4, 0.5) is 0 Å². The van der Waals surface area contributed by atoms with Gasteiger partial charge in [0.25, 0.3) is 0 Å². The van der Waals surface area contributed by atoms with Gasteiger partial charge in [0, 0.05) is 11.8 Å². The number of Topliss-reactive ketones (excluding diaryl/α,β-unsaturated/α-hetero) is 1. The summed E-state index contributed by atoms with van der Waals surface area (Å²) in [7, 11) is 0. The summed E-state index contributed by atoms with van der Waals surface area (Å²) >= 11 is 0. The van der Waals surface area contributed by atoms with Gasteiger partial charge in [0.05, 0.1) is 0 Å². The summed E-state index contributed by atoms with van der Waals surface area (Å²) in [4.78, 5) is 12.2. The third kappa shape index (κ3) is 4.40. The molecular formula is C17H32O. The Kier molecular flexibility index (Phi) is 5.88. The molecule has 0 aromatic carbocycles. The standard InChI is InChI=1S/C17H32O/c1-6-8-10-13-14(11-9-7-2)15(13)12-16(18)17(3,4)5/h13-15H,6-12H2,1-5H3. The number of carbonyl (C=O) groups is 1. The predicted octanol–water partition coefficient (Wildman–Crippen LogP) is 5.23. The molecule has 1 nitrogen and oxygen atoms in total. The molecule has 0 bridgehead atoms. The fourth-order valence-corrected chi connectivity index (χ4v) is 3.08. The Labute approximate surface area is 114 Å². The van der Waals surface area contributed by atoms with Crippen LogP contribution in [0.3, 0.4) is 0 Å². The fraction of sp³-hybridized carbons (Fsp3) is 0.941. The summed E-state index contributed by atoms with van der Waals surface area (Å²) in [6.45, 7) is 10.7. The summed E-state index contributed by atoms with van der Waals surface area (Å²) in [5, 5.41) is 0. The molecule has 1 aliphatic rings. The van der Waals surface area contributed by atoms with E-state index in [1.807, 2.05) is 0 Å². The predicted molar refractivity (Wildman–Crippen MR) is 78.6 cm³/mol. The highest BCUT2D eigenvalue weighted by Crippen LogP contribution is 2.54. The molecule has 0 radical (unpaired) electrons. The Morgan fingerprint density at radius 1 is 0.889 bits per heavy atom. The van der Waals surface area contributed by atoms with Crippen molar-refractivity contribution in [2.75, 3.05) is 0 Å². The summed E-state index contributed by atoms with van der Waals surface area (Å²) in [6, 6.07) is 0.